The fourth-order valence-corrected chi connectivity index (χ4v) is 2.67. The van der Waals surface area contributed by atoms with Gasteiger partial charge in [0.15, 0.2) is 0 Å². The number of ether oxygens (including phenoxy) is 1. The second-order valence-electron chi connectivity index (χ2n) is 4.36. The lowest BCUT2D eigenvalue weighted by atomic mass is 9.99. The molecule has 1 heterocycles. The minimum absolute atomic E-state index is 0.120. The van der Waals surface area contributed by atoms with Gasteiger partial charge in [0.25, 0.3) is 0 Å². The molecule has 3 aliphatic rings. The van der Waals surface area contributed by atoms with Crippen molar-refractivity contribution in [1.29, 1.82) is 5.26 Å². The number of hydrogen-bond acceptors (Lipinski definition) is 2. The highest BCUT2D eigenvalue weighted by atomic mass is 16.5. The molecule has 14 heavy (non-hydrogen) atoms. The summed E-state index contributed by atoms with van der Waals surface area (Å²) >= 11 is 0. The van der Waals surface area contributed by atoms with Crippen LogP contribution in [-0.2, 0) is 4.74 Å². The van der Waals surface area contributed by atoms with E-state index in [0.717, 1.165) is 18.8 Å². The second kappa shape index (κ2) is 2.88. The molecule has 3 unspecified atom stereocenters. The van der Waals surface area contributed by atoms with Crippen molar-refractivity contribution in [1.82, 2.24) is 0 Å². The third-order valence-electron chi connectivity index (χ3n) is 3.52. The average Bonchev–Trinajstić information content (AvgIpc) is 2.98. The van der Waals surface area contributed by atoms with E-state index >= 15 is 0 Å². The van der Waals surface area contributed by atoms with E-state index in [1.807, 2.05) is 12.2 Å². The smallest absolute Gasteiger partial charge is 0.118 e. The van der Waals surface area contributed by atoms with Crippen LogP contribution in [0.4, 0.5) is 0 Å². The minimum Gasteiger partial charge on any atom is -0.494 e. The quantitative estimate of drug-likeness (QED) is 0.583. The molecular formula is C12H13NO. The number of nitriles is 1. The summed E-state index contributed by atoms with van der Waals surface area (Å²) in [5.74, 6) is 2.44. The highest BCUT2D eigenvalue weighted by molar-refractivity contribution is 5.34. The topological polar surface area (TPSA) is 33.0 Å². The van der Waals surface area contributed by atoms with Crippen molar-refractivity contribution in [3.05, 3.63) is 23.5 Å². The molecule has 2 aliphatic carbocycles. The molecule has 1 fully saturated rings. The van der Waals surface area contributed by atoms with Gasteiger partial charge in [-0.1, -0.05) is 6.08 Å². The van der Waals surface area contributed by atoms with E-state index in [0.29, 0.717) is 11.8 Å². The van der Waals surface area contributed by atoms with E-state index in [1.54, 1.807) is 0 Å². The van der Waals surface area contributed by atoms with E-state index in [2.05, 4.69) is 6.07 Å². The number of nitrogens with zero attached hydrogens (tertiary/aromatic N) is 1. The third-order valence-corrected chi connectivity index (χ3v) is 3.52. The van der Waals surface area contributed by atoms with Gasteiger partial charge in [-0.15, -0.1) is 0 Å². The Balaban J connectivity index is 1.95. The predicted octanol–water partition coefficient (Wildman–Crippen LogP) is 2.40. The van der Waals surface area contributed by atoms with Crippen molar-refractivity contribution in [2.24, 2.45) is 17.8 Å². The fraction of sp³-hybridized carbons (Fsp3) is 0.583. The van der Waals surface area contributed by atoms with Gasteiger partial charge in [-0.3, -0.25) is 0 Å². The maximum atomic E-state index is 8.99. The number of hydrogen-bond donors (Lipinski definition) is 0. The van der Waals surface area contributed by atoms with Crippen molar-refractivity contribution < 1.29 is 4.74 Å². The molecule has 0 aromatic carbocycles. The molecule has 3 atom stereocenters. The fourth-order valence-electron chi connectivity index (χ4n) is 2.67. The van der Waals surface area contributed by atoms with Crippen LogP contribution in [0.3, 0.4) is 0 Å². The summed E-state index contributed by atoms with van der Waals surface area (Å²) in [7, 11) is 0. The minimum atomic E-state index is 0.120. The van der Waals surface area contributed by atoms with Gasteiger partial charge >= 0.3 is 0 Å². The van der Waals surface area contributed by atoms with Crippen LogP contribution >= 0.6 is 0 Å². The van der Waals surface area contributed by atoms with Crippen LogP contribution in [0, 0.1) is 29.1 Å². The molecule has 0 N–H and O–H groups in total. The molecule has 0 amide bonds. The zero-order valence-electron chi connectivity index (χ0n) is 8.07. The number of rotatable bonds is 0. The average molecular weight is 187 g/mol. The largest absolute Gasteiger partial charge is 0.494 e. The molecular weight excluding hydrogens is 174 g/mol. The summed E-state index contributed by atoms with van der Waals surface area (Å²) in [6.45, 7) is 0.845. The van der Waals surface area contributed by atoms with Gasteiger partial charge in [0.1, 0.15) is 5.76 Å². The molecule has 72 valence electrons. The van der Waals surface area contributed by atoms with Gasteiger partial charge in [0, 0.05) is 0 Å². The monoisotopic (exact) mass is 187 g/mol. The molecule has 1 aliphatic heterocycles. The van der Waals surface area contributed by atoms with Crippen molar-refractivity contribution in [3.8, 4) is 6.07 Å². The Morgan fingerprint density at radius 3 is 3.29 bits per heavy atom. The van der Waals surface area contributed by atoms with Crippen LogP contribution in [0.5, 0.6) is 0 Å². The first kappa shape index (κ1) is 8.11. The predicted molar refractivity (Wildman–Crippen MR) is 52.1 cm³/mol. The Kier molecular flexibility index (Phi) is 1.67. The molecule has 0 radical (unpaired) electrons. The molecule has 0 aromatic heterocycles. The summed E-state index contributed by atoms with van der Waals surface area (Å²) in [6.07, 6.45) is 7.57. The first-order valence-corrected chi connectivity index (χ1v) is 5.34. The van der Waals surface area contributed by atoms with E-state index in [1.165, 1.54) is 18.4 Å². The molecule has 0 bridgehead atoms. The van der Waals surface area contributed by atoms with Gasteiger partial charge < -0.3 is 4.74 Å². The lowest BCUT2D eigenvalue weighted by Gasteiger charge is -2.18. The molecule has 0 aromatic rings. The second-order valence-corrected chi connectivity index (χ2v) is 4.36. The zero-order chi connectivity index (χ0) is 9.54. The SMILES string of the molecule is N#CC1C=CC2=C(CCCO2)C2CC12. The van der Waals surface area contributed by atoms with Crippen LogP contribution in [0.25, 0.3) is 0 Å². The maximum absolute atomic E-state index is 8.99. The van der Waals surface area contributed by atoms with E-state index in [4.69, 9.17) is 10.00 Å². The molecule has 1 saturated carbocycles. The van der Waals surface area contributed by atoms with Crippen molar-refractivity contribution in [3.63, 3.8) is 0 Å². The Morgan fingerprint density at radius 1 is 1.50 bits per heavy atom. The van der Waals surface area contributed by atoms with Gasteiger partial charge in [0.05, 0.1) is 18.6 Å². The van der Waals surface area contributed by atoms with E-state index in [-0.39, 0.29) is 5.92 Å². The molecule has 0 spiro atoms. The molecule has 0 saturated heterocycles. The van der Waals surface area contributed by atoms with Crippen LogP contribution in [0.2, 0.25) is 0 Å². The maximum Gasteiger partial charge on any atom is 0.118 e. The summed E-state index contributed by atoms with van der Waals surface area (Å²) in [6, 6.07) is 2.38. The highest BCUT2D eigenvalue weighted by Crippen LogP contribution is 2.53. The van der Waals surface area contributed by atoms with Gasteiger partial charge in [-0.25, -0.2) is 0 Å². The Labute approximate surface area is 83.9 Å². The number of fused-ring (bicyclic) bond motifs is 2. The Bertz CT molecular complexity index is 361. The number of allylic oxidation sites excluding steroid dienone is 3. The summed E-state index contributed by atoms with van der Waals surface area (Å²) in [5.41, 5.74) is 1.48. The first-order chi connectivity index (χ1) is 6.90. The van der Waals surface area contributed by atoms with Crippen LogP contribution in [0.1, 0.15) is 19.3 Å². The van der Waals surface area contributed by atoms with Gasteiger partial charge in [-0.05, 0) is 42.7 Å². The Hall–Kier alpha value is -1.23. The van der Waals surface area contributed by atoms with Crippen LogP contribution in [0.15, 0.2) is 23.5 Å². The standard InChI is InChI=1S/C12H13NO/c13-7-8-3-4-12-9(2-1-5-14-12)11-6-10(8)11/h3-4,8,10-11H,1-2,5-6H2. The first-order valence-electron chi connectivity index (χ1n) is 5.34. The van der Waals surface area contributed by atoms with Gasteiger partial charge in [-0.2, -0.15) is 5.26 Å². The van der Waals surface area contributed by atoms with Crippen molar-refractivity contribution in [2.75, 3.05) is 6.61 Å². The molecule has 2 heteroatoms. The third kappa shape index (κ3) is 1.09. The zero-order valence-corrected chi connectivity index (χ0v) is 8.07. The summed E-state index contributed by atoms with van der Waals surface area (Å²) < 4.78 is 5.64. The molecule has 3 rings (SSSR count). The van der Waals surface area contributed by atoms with Gasteiger partial charge in [0.2, 0.25) is 0 Å². The van der Waals surface area contributed by atoms with Crippen molar-refractivity contribution >= 4 is 0 Å². The van der Waals surface area contributed by atoms with Crippen LogP contribution in [-0.4, -0.2) is 6.61 Å². The van der Waals surface area contributed by atoms with Crippen LogP contribution < -0.4 is 0 Å². The van der Waals surface area contributed by atoms with E-state index < -0.39 is 0 Å². The Morgan fingerprint density at radius 2 is 2.43 bits per heavy atom. The van der Waals surface area contributed by atoms with Crippen molar-refractivity contribution in [2.45, 2.75) is 19.3 Å². The normalized spacial score (nSPS) is 38.9. The molecule has 2 nitrogen and oxygen atoms in total. The highest BCUT2D eigenvalue weighted by Gasteiger charge is 2.46. The lowest BCUT2D eigenvalue weighted by molar-refractivity contribution is 0.196. The lowest BCUT2D eigenvalue weighted by Crippen LogP contribution is -2.06. The van der Waals surface area contributed by atoms with E-state index in [9.17, 15) is 0 Å². The summed E-state index contributed by atoms with van der Waals surface area (Å²) in [5, 5.41) is 8.99. The summed E-state index contributed by atoms with van der Waals surface area (Å²) in [4.78, 5) is 0.